The first-order chi connectivity index (χ1) is 8.02. The summed E-state index contributed by atoms with van der Waals surface area (Å²) in [6, 6.07) is 4.21. The van der Waals surface area contributed by atoms with Crippen molar-refractivity contribution in [2.24, 2.45) is 0 Å². The fraction of sp³-hybridized carbons (Fsp3) is 0.538. The van der Waals surface area contributed by atoms with Gasteiger partial charge in [-0.3, -0.25) is 14.7 Å². The van der Waals surface area contributed by atoms with Gasteiger partial charge >= 0.3 is 5.97 Å². The highest BCUT2D eigenvalue weighted by Gasteiger charge is 2.15. The standard InChI is InChI=1S/C13H20N2O2/c1-4-11(3)15(9-13(16)17)8-12-6-5-10(2)14-7-12/h5-7,11H,4,8-9H2,1-3H3,(H,16,17). The van der Waals surface area contributed by atoms with Gasteiger partial charge in [0.2, 0.25) is 0 Å². The minimum absolute atomic E-state index is 0.0723. The number of hydrogen-bond donors (Lipinski definition) is 1. The number of hydrogen-bond acceptors (Lipinski definition) is 3. The molecule has 0 aromatic carbocycles. The molecule has 1 aromatic rings. The Morgan fingerprint density at radius 3 is 2.71 bits per heavy atom. The molecule has 0 aliphatic heterocycles. The van der Waals surface area contributed by atoms with Crippen LogP contribution in [0, 0.1) is 6.92 Å². The summed E-state index contributed by atoms with van der Waals surface area (Å²) < 4.78 is 0. The fourth-order valence-electron chi connectivity index (χ4n) is 1.63. The molecular weight excluding hydrogens is 216 g/mol. The summed E-state index contributed by atoms with van der Waals surface area (Å²) >= 11 is 0. The van der Waals surface area contributed by atoms with Gasteiger partial charge in [0.1, 0.15) is 0 Å². The summed E-state index contributed by atoms with van der Waals surface area (Å²) in [5.41, 5.74) is 2.03. The van der Waals surface area contributed by atoms with Crippen LogP contribution < -0.4 is 0 Å². The smallest absolute Gasteiger partial charge is 0.317 e. The topological polar surface area (TPSA) is 53.4 Å². The van der Waals surface area contributed by atoms with E-state index >= 15 is 0 Å². The molecule has 1 N–H and O–H groups in total. The third kappa shape index (κ3) is 4.53. The molecular formula is C13H20N2O2. The SMILES string of the molecule is CCC(C)N(CC(=O)O)Cc1ccc(C)nc1. The Labute approximate surface area is 102 Å². The van der Waals surface area contributed by atoms with Crippen molar-refractivity contribution in [3.63, 3.8) is 0 Å². The van der Waals surface area contributed by atoms with E-state index in [1.54, 1.807) is 0 Å². The van der Waals surface area contributed by atoms with Crippen LogP contribution in [0.1, 0.15) is 31.5 Å². The van der Waals surface area contributed by atoms with Crippen LogP contribution in [0.2, 0.25) is 0 Å². The number of carboxylic acid groups (broad SMARTS) is 1. The number of pyridine rings is 1. The lowest BCUT2D eigenvalue weighted by Crippen LogP contribution is -2.36. The molecule has 1 rings (SSSR count). The number of nitrogens with zero attached hydrogens (tertiary/aromatic N) is 2. The summed E-state index contributed by atoms with van der Waals surface area (Å²) in [6.07, 6.45) is 2.75. The predicted molar refractivity (Wildman–Crippen MR) is 66.8 cm³/mol. The Bertz CT molecular complexity index is 362. The Balaban J connectivity index is 2.71. The summed E-state index contributed by atoms with van der Waals surface area (Å²) in [5.74, 6) is -0.787. The Morgan fingerprint density at radius 2 is 2.24 bits per heavy atom. The number of carboxylic acids is 1. The lowest BCUT2D eigenvalue weighted by molar-refractivity contribution is -0.139. The first kappa shape index (κ1) is 13.6. The number of aryl methyl sites for hydroxylation is 1. The van der Waals surface area contributed by atoms with E-state index < -0.39 is 5.97 Å². The molecule has 0 bridgehead atoms. The molecule has 0 radical (unpaired) electrons. The Morgan fingerprint density at radius 1 is 1.53 bits per heavy atom. The van der Waals surface area contributed by atoms with Crippen LogP contribution in [-0.2, 0) is 11.3 Å². The van der Waals surface area contributed by atoms with Crippen molar-refractivity contribution in [3.8, 4) is 0 Å². The second-order valence-corrected chi connectivity index (χ2v) is 4.36. The minimum atomic E-state index is -0.787. The van der Waals surface area contributed by atoms with Gasteiger partial charge in [-0.2, -0.15) is 0 Å². The number of aromatic nitrogens is 1. The van der Waals surface area contributed by atoms with Crippen molar-refractivity contribution in [1.82, 2.24) is 9.88 Å². The van der Waals surface area contributed by atoms with E-state index in [2.05, 4.69) is 11.9 Å². The molecule has 4 heteroatoms. The average Bonchev–Trinajstić information content (AvgIpc) is 2.29. The maximum absolute atomic E-state index is 10.8. The number of aliphatic carboxylic acids is 1. The fourth-order valence-corrected chi connectivity index (χ4v) is 1.63. The molecule has 1 atom stereocenters. The van der Waals surface area contributed by atoms with Gasteiger partial charge in [-0.25, -0.2) is 0 Å². The van der Waals surface area contributed by atoms with Gasteiger partial charge in [-0.05, 0) is 31.9 Å². The molecule has 0 amide bonds. The predicted octanol–water partition coefficient (Wildman–Crippen LogP) is 2.08. The number of rotatable bonds is 6. The van der Waals surface area contributed by atoms with Gasteiger partial charge in [0, 0.05) is 24.5 Å². The number of carbonyl (C=O) groups is 1. The zero-order valence-electron chi connectivity index (χ0n) is 10.7. The van der Waals surface area contributed by atoms with E-state index in [0.717, 1.165) is 17.7 Å². The van der Waals surface area contributed by atoms with E-state index in [0.29, 0.717) is 6.54 Å². The van der Waals surface area contributed by atoms with Gasteiger partial charge in [0.25, 0.3) is 0 Å². The normalized spacial score (nSPS) is 12.7. The maximum Gasteiger partial charge on any atom is 0.317 e. The third-order valence-corrected chi connectivity index (χ3v) is 2.91. The van der Waals surface area contributed by atoms with Crippen LogP contribution in [-0.4, -0.2) is 33.5 Å². The van der Waals surface area contributed by atoms with E-state index in [1.807, 2.05) is 37.1 Å². The molecule has 0 saturated carbocycles. The minimum Gasteiger partial charge on any atom is -0.480 e. The molecule has 1 heterocycles. The van der Waals surface area contributed by atoms with Gasteiger partial charge in [-0.1, -0.05) is 13.0 Å². The van der Waals surface area contributed by atoms with Gasteiger partial charge in [0.15, 0.2) is 0 Å². The highest BCUT2D eigenvalue weighted by Crippen LogP contribution is 2.10. The maximum atomic E-state index is 10.8. The quantitative estimate of drug-likeness (QED) is 0.821. The highest BCUT2D eigenvalue weighted by atomic mass is 16.4. The van der Waals surface area contributed by atoms with Crippen molar-refractivity contribution < 1.29 is 9.90 Å². The monoisotopic (exact) mass is 236 g/mol. The lowest BCUT2D eigenvalue weighted by Gasteiger charge is -2.26. The van der Waals surface area contributed by atoms with Crippen LogP contribution in [0.15, 0.2) is 18.3 Å². The summed E-state index contributed by atoms with van der Waals surface area (Å²) in [5, 5.41) is 8.89. The van der Waals surface area contributed by atoms with Crippen molar-refractivity contribution in [2.45, 2.75) is 39.8 Å². The molecule has 4 nitrogen and oxygen atoms in total. The molecule has 0 spiro atoms. The first-order valence-electron chi connectivity index (χ1n) is 5.90. The molecule has 94 valence electrons. The first-order valence-corrected chi connectivity index (χ1v) is 5.90. The van der Waals surface area contributed by atoms with Crippen molar-refractivity contribution in [1.29, 1.82) is 0 Å². The van der Waals surface area contributed by atoms with E-state index in [1.165, 1.54) is 0 Å². The third-order valence-electron chi connectivity index (χ3n) is 2.91. The summed E-state index contributed by atoms with van der Waals surface area (Å²) in [7, 11) is 0. The van der Waals surface area contributed by atoms with Crippen LogP contribution in [0.4, 0.5) is 0 Å². The van der Waals surface area contributed by atoms with Crippen LogP contribution in [0.3, 0.4) is 0 Å². The molecule has 1 unspecified atom stereocenters. The summed E-state index contributed by atoms with van der Waals surface area (Å²) in [4.78, 5) is 17.0. The van der Waals surface area contributed by atoms with Crippen LogP contribution >= 0.6 is 0 Å². The van der Waals surface area contributed by atoms with E-state index in [9.17, 15) is 4.79 Å². The average molecular weight is 236 g/mol. The van der Waals surface area contributed by atoms with Crippen molar-refractivity contribution in [2.75, 3.05) is 6.54 Å². The Hall–Kier alpha value is -1.42. The van der Waals surface area contributed by atoms with E-state index in [-0.39, 0.29) is 12.6 Å². The molecule has 0 aliphatic carbocycles. The highest BCUT2D eigenvalue weighted by molar-refractivity contribution is 5.69. The molecule has 0 aliphatic rings. The molecule has 0 fully saturated rings. The largest absolute Gasteiger partial charge is 0.480 e. The zero-order valence-corrected chi connectivity index (χ0v) is 10.7. The van der Waals surface area contributed by atoms with Gasteiger partial charge < -0.3 is 5.11 Å². The molecule has 0 saturated heterocycles. The second-order valence-electron chi connectivity index (χ2n) is 4.36. The van der Waals surface area contributed by atoms with E-state index in [4.69, 9.17) is 5.11 Å². The van der Waals surface area contributed by atoms with Crippen LogP contribution in [0.5, 0.6) is 0 Å². The van der Waals surface area contributed by atoms with Crippen LogP contribution in [0.25, 0.3) is 0 Å². The lowest BCUT2D eigenvalue weighted by atomic mass is 10.1. The molecule has 17 heavy (non-hydrogen) atoms. The van der Waals surface area contributed by atoms with Crippen molar-refractivity contribution in [3.05, 3.63) is 29.6 Å². The van der Waals surface area contributed by atoms with Gasteiger partial charge in [-0.15, -0.1) is 0 Å². The summed E-state index contributed by atoms with van der Waals surface area (Å²) in [6.45, 7) is 6.75. The Kier molecular flexibility index (Phi) is 5.10. The second kappa shape index (κ2) is 6.35. The van der Waals surface area contributed by atoms with Crippen molar-refractivity contribution >= 4 is 5.97 Å². The zero-order chi connectivity index (χ0) is 12.8. The van der Waals surface area contributed by atoms with Gasteiger partial charge in [0.05, 0.1) is 6.54 Å². The molecule has 1 aromatic heterocycles.